The van der Waals surface area contributed by atoms with Gasteiger partial charge in [-0.25, -0.2) is 9.79 Å². The normalized spacial score (nSPS) is 14.3. The summed E-state index contributed by atoms with van der Waals surface area (Å²) >= 11 is 1.32. The number of thiazole rings is 1. The predicted molar refractivity (Wildman–Crippen MR) is 199 cm³/mol. The molecule has 0 amide bonds. The second kappa shape index (κ2) is 14.0. The fraction of sp³-hybridized carbons (Fsp3) is 0.167. The van der Waals surface area contributed by atoms with Gasteiger partial charge in [-0.3, -0.25) is 9.36 Å². The van der Waals surface area contributed by atoms with Gasteiger partial charge >= 0.3 is 5.97 Å². The molecular weight excluding hydrogens is 643 g/mol. The highest BCUT2D eigenvalue weighted by molar-refractivity contribution is 7.07. The number of carbonyl (C=O) groups is 1. The summed E-state index contributed by atoms with van der Waals surface area (Å²) in [5.74, 6) is 0.221. The second-order valence-corrected chi connectivity index (χ2v) is 13.0. The minimum atomic E-state index is -0.714. The first-order valence-corrected chi connectivity index (χ1v) is 17.6. The molecule has 250 valence electrons. The third kappa shape index (κ3) is 6.14. The van der Waals surface area contributed by atoms with Crippen LogP contribution in [0.15, 0.2) is 136 Å². The topological polar surface area (TPSA) is 74.8 Å². The van der Waals surface area contributed by atoms with Gasteiger partial charge in [-0.15, -0.1) is 0 Å². The fourth-order valence-corrected chi connectivity index (χ4v) is 7.51. The van der Waals surface area contributed by atoms with Crippen molar-refractivity contribution in [3.63, 3.8) is 0 Å². The lowest BCUT2D eigenvalue weighted by molar-refractivity contribution is -0.139. The van der Waals surface area contributed by atoms with Crippen LogP contribution in [0.5, 0.6) is 5.75 Å². The zero-order valence-electron chi connectivity index (χ0n) is 28.4. The molecule has 6 aromatic rings. The molecule has 0 unspecified atom stereocenters. The van der Waals surface area contributed by atoms with E-state index in [-0.39, 0.29) is 12.2 Å². The Balaban J connectivity index is 1.48. The lowest BCUT2D eigenvalue weighted by Gasteiger charge is -2.24. The molecule has 0 N–H and O–H groups in total. The summed E-state index contributed by atoms with van der Waals surface area (Å²) in [6.07, 6.45) is 1.96. The maximum atomic E-state index is 14.6. The summed E-state index contributed by atoms with van der Waals surface area (Å²) in [5, 5.41) is 0. The van der Waals surface area contributed by atoms with Gasteiger partial charge in [0.05, 0.1) is 46.4 Å². The van der Waals surface area contributed by atoms with Crippen molar-refractivity contribution in [2.45, 2.75) is 33.7 Å². The van der Waals surface area contributed by atoms with E-state index in [4.69, 9.17) is 14.5 Å². The largest absolute Gasteiger partial charge is 0.494 e. The van der Waals surface area contributed by atoms with Crippen LogP contribution >= 0.6 is 11.3 Å². The molecular formula is C42H37N3O4S. The number of benzene rings is 4. The molecule has 3 heterocycles. The number of ether oxygens (including phenoxy) is 2. The second-order valence-electron chi connectivity index (χ2n) is 12.0. The van der Waals surface area contributed by atoms with Gasteiger partial charge in [0.15, 0.2) is 4.80 Å². The Morgan fingerprint density at radius 3 is 2.14 bits per heavy atom. The molecule has 0 bridgehead atoms. The Morgan fingerprint density at radius 2 is 1.50 bits per heavy atom. The van der Waals surface area contributed by atoms with Gasteiger partial charge < -0.3 is 14.0 Å². The van der Waals surface area contributed by atoms with Gasteiger partial charge in [-0.2, -0.15) is 0 Å². The van der Waals surface area contributed by atoms with Crippen LogP contribution in [0.1, 0.15) is 43.5 Å². The molecule has 0 radical (unpaired) electrons. The van der Waals surface area contributed by atoms with Crippen LogP contribution in [-0.4, -0.2) is 28.3 Å². The van der Waals surface area contributed by atoms with Crippen LogP contribution in [0.2, 0.25) is 0 Å². The van der Waals surface area contributed by atoms with E-state index < -0.39 is 12.0 Å². The van der Waals surface area contributed by atoms with Crippen molar-refractivity contribution < 1.29 is 14.3 Å². The van der Waals surface area contributed by atoms with E-state index in [9.17, 15) is 9.59 Å². The Hall–Kier alpha value is -5.73. The van der Waals surface area contributed by atoms with Gasteiger partial charge in [-0.1, -0.05) is 102 Å². The average molecular weight is 680 g/mol. The molecule has 4 aromatic carbocycles. The predicted octanol–water partition coefficient (Wildman–Crippen LogP) is 7.63. The molecule has 1 atom stereocenters. The van der Waals surface area contributed by atoms with Crippen LogP contribution in [0.3, 0.4) is 0 Å². The Kier molecular flexibility index (Phi) is 9.19. The van der Waals surface area contributed by atoms with Crippen LogP contribution < -0.4 is 19.6 Å². The van der Waals surface area contributed by atoms with E-state index in [1.807, 2.05) is 73.7 Å². The number of nitrogens with zero attached hydrogens (tertiary/aromatic N) is 3. The summed E-state index contributed by atoms with van der Waals surface area (Å²) < 4.78 is 15.6. The van der Waals surface area contributed by atoms with Crippen molar-refractivity contribution in [2.75, 3.05) is 13.2 Å². The number of aryl methyl sites for hydroxylation is 1. The highest BCUT2D eigenvalue weighted by Crippen LogP contribution is 2.37. The monoisotopic (exact) mass is 679 g/mol. The Bertz CT molecular complexity index is 2390. The number of rotatable bonds is 9. The summed E-state index contributed by atoms with van der Waals surface area (Å²) in [7, 11) is 0. The number of hydrogen-bond donors (Lipinski definition) is 0. The highest BCUT2D eigenvalue weighted by Gasteiger charge is 2.33. The number of allylic oxidation sites excluding steroid dienone is 1. The van der Waals surface area contributed by atoms with E-state index in [1.165, 1.54) is 16.9 Å². The van der Waals surface area contributed by atoms with Gasteiger partial charge in [0.2, 0.25) is 0 Å². The highest BCUT2D eigenvalue weighted by atomic mass is 32.1. The van der Waals surface area contributed by atoms with Crippen molar-refractivity contribution in [1.29, 1.82) is 0 Å². The molecule has 0 fully saturated rings. The summed E-state index contributed by atoms with van der Waals surface area (Å²) in [5.41, 5.74) is 8.51. The molecule has 7 rings (SSSR count). The minimum Gasteiger partial charge on any atom is -0.494 e. The van der Waals surface area contributed by atoms with Crippen molar-refractivity contribution in [2.24, 2.45) is 4.99 Å². The Morgan fingerprint density at radius 1 is 0.840 bits per heavy atom. The molecule has 1 aliphatic rings. The van der Waals surface area contributed by atoms with Crippen LogP contribution in [0, 0.1) is 6.92 Å². The zero-order valence-corrected chi connectivity index (χ0v) is 29.2. The molecule has 50 heavy (non-hydrogen) atoms. The number of fused-ring (bicyclic) bond motifs is 1. The fourth-order valence-electron chi connectivity index (χ4n) is 6.48. The standard InChI is InChI=1S/C42H37N3O4S/c1-5-48-34-23-19-31(20-24-34)39-37(41(47)49-6-2)28(4)43-42-45(39)40(46)36(50-42)26-32-25-35(29-13-9-7-10-14-29)44(33-21-17-27(3)18-22-33)38(32)30-15-11-8-12-16-30/h7-26,39H,5-6H2,1-4H3/b36-26-/t39-/m0/s1. The summed E-state index contributed by atoms with van der Waals surface area (Å²) in [4.78, 5) is 33.3. The number of hydrogen-bond acceptors (Lipinski definition) is 6. The van der Waals surface area contributed by atoms with Gasteiger partial charge in [0.1, 0.15) is 5.75 Å². The van der Waals surface area contributed by atoms with Crippen LogP contribution in [0.4, 0.5) is 0 Å². The van der Waals surface area contributed by atoms with E-state index in [0.717, 1.165) is 39.3 Å². The van der Waals surface area contributed by atoms with Crippen LogP contribution in [-0.2, 0) is 9.53 Å². The number of carbonyl (C=O) groups excluding carboxylic acids is 1. The van der Waals surface area contributed by atoms with Crippen molar-refractivity contribution in [3.05, 3.63) is 163 Å². The van der Waals surface area contributed by atoms with E-state index in [2.05, 4.69) is 66.1 Å². The third-order valence-electron chi connectivity index (χ3n) is 8.75. The first-order valence-electron chi connectivity index (χ1n) is 16.7. The molecule has 0 aliphatic carbocycles. The molecule has 1 aliphatic heterocycles. The minimum absolute atomic E-state index is 0.208. The third-order valence-corrected chi connectivity index (χ3v) is 9.73. The van der Waals surface area contributed by atoms with E-state index >= 15 is 0 Å². The van der Waals surface area contributed by atoms with Crippen molar-refractivity contribution in [3.8, 4) is 34.0 Å². The average Bonchev–Trinajstić information content (AvgIpc) is 3.66. The van der Waals surface area contributed by atoms with Crippen LogP contribution in [0.25, 0.3) is 34.3 Å². The van der Waals surface area contributed by atoms with Gasteiger partial charge in [0, 0.05) is 11.3 Å². The summed E-state index contributed by atoms with van der Waals surface area (Å²) in [6.45, 7) is 8.32. The van der Waals surface area contributed by atoms with Crippen molar-refractivity contribution in [1.82, 2.24) is 9.13 Å². The smallest absolute Gasteiger partial charge is 0.338 e. The van der Waals surface area contributed by atoms with Gasteiger partial charge in [-0.05, 0) is 80.8 Å². The summed E-state index contributed by atoms with van der Waals surface area (Å²) in [6, 6.07) is 37.9. The quantitative estimate of drug-likeness (QED) is 0.147. The molecule has 0 saturated heterocycles. The van der Waals surface area contributed by atoms with Crippen molar-refractivity contribution >= 4 is 23.4 Å². The molecule has 8 heteroatoms. The molecule has 0 saturated carbocycles. The first kappa shape index (κ1) is 32.8. The maximum Gasteiger partial charge on any atom is 0.338 e. The lowest BCUT2D eigenvalue weighted by atomic mass is 9.96. The number of aromatic nitrogens is 2. The molecule has 0 spiro atoms. The number of esters is 1. The maximum absolute atomic E-state index is 14.6. The zero-order chi connectivity index (χ0) is 34.8. The van der Waals surface area contributed by atoms with Gasteiger partial charge in [0.25, 0.3) is 5.56 Å². The van der Waals surface area contributed by atoms with E-state index in [1.54, 1.807) is 18.4 Å². The van der Waals surface area contributed by atoms with E-state index in [0.29, 0.717) is 33.0 Å². The first-order chi connectivity index (χ1) is 24.4. The molecule has 2 aromatic heterocycles. The lowest BCUT2D eigenvalue weighted by Crippen LogP contribution is -2.39. The SMILES string of the molecule is CCOC(=O)C1=C(C)N=c2s/c(=C\c3cc(-c4ccccc4)n(-c4ccc(C)cc4)c3-c3ccccc3)c(=O)n2[C@H]1c1ccc(OCC)cc1. The Labute approximate surface area is 294 Å². The molecule has 7 nitrogen and oxygen atoms in total.